The quantitative estimate of drug-likeness (QED) is 0.635. The second-order valence-electron chi connectivity index (χ2n) is 5.97. The van der Waals surface area contributed by atoms with E-state index >= 15 is 0 Å². The molecule has 0 saturated carbocycles. The topological polar surface area (TPSA) is 120 Å². The van der Waals surface area contributed by atoms with E-state index in [0.717, 1.165) is 11.3 Å². The third kappa shape index (κ3) is 5.15. The summed E-state index contributed by atoms with van der Waals surface area (Å²) < 4.78 is 38.0. The lowest BCUT2D eigenvalue weighted by atomic mass is 10.1. The Balaban J connectivity index is 2.21. The third-order valence-corrected chi connectivity index (χ3v) is 6.37. The molecule has 0 aliphatic rings. The molecule has 0 saturated heterocycles. The summed E-state index contributed by atoms with van der Waals surface area (Å²) in [5.41, 5.74) is 0.610. The first-order chi connectivity index (χ1) is 12.7. The number of sulfonamides is 1. The van der Waals surface area contributed by atoms with Crippen LogP contribution in [0.1, 0.15) is 32.4 Å². The van der Waals surface area contributed by atoms with Crippen molar-refractivity contribution < 1.29 is 22.7 Å². The average molecular weight is 415 g/mol. The molecule has 1 heterocycles. The molecule has 0 unspecified atom stereocenters. The summed E-state index contributed by atoms with van der Waals surface area (Å²) in [5.74, 6) is 0.574. The Hall–Kier alpha value is -2.24. The summed E-state index contributed by atoms with van der Waals surface area (Å²) in [7, 11) is -0.917. The smallest absolute Gasteiger partial charge is 0.270 e. The van der Waals surface area contributed by atoms with Gasteiger partial charge in [-0.3, -0.25) is 4.79 Å². The van der Waals surface area contributed by atoms with Crippen molar-refractivity contribution in [3.05, 3.63) is 23.8 Å². The van der Waals surface area contributed by atoms with Crippen LogP contribution in [0.5, 0.6) is 11.5 Å². The van der Waals surface area contributed by atoms with Gasteiger partial charge in [0, 0.05) is 17.5 Å². The van der Waals surface area contributed by atoms with Gasteiger partial charge in [0.15, 0.2) is 0 Å². The highest BCUT2D eigenvalue weighted by Crippen LogP contribution is 2.30. The lowest BCUT2D eigenvalue weighted by molar-refractivity contribution is -0.118. The van der Waals surface area contributed by atoms with Crippen LogP contribution in [-0.2, 0) is 14.8 Å². The Morgan fingerprint density at radius 3 is 2.44 bits per heavy atom. The first-order valence-electron chi connectivity index (χ1n) is 8.06. The van der Waals surface area contributed by atoms with Crippen molar-refractivity contribution in [2.45, 2.75) is 31.2 Å². The molecule has 27 heavy (non-hydrogen) atoms. The van der Waals surface area contributed by atoms with Crippen molar-refractivity contribution in [1.29, 1.82) is 0 Å². The van der Waals surface area contributed by atoms with Crippen LogP contribution in [0, 0.1) is 5.92 Å². The van der Waals surface area contributed by atoms with E-state index in [1.54, 1.807) is 39.0 Å². The average Bonchev–Trinajstić information content (AvgIpc) is 3.10. The van der Waals surface area contributed by atoms with E-state index in [1.165, 1.54) is 14.2 Å². The van der Waals surface area contributed by atoms with Gasteiger partial charge in [-0.05, 0) is 25.1 Å². The summed E-state index contributed by atoms with van der Waals surface area (Å²) in [6.07, 6.45) is 0. The van der Waals surface area contributed by atoms with Gasteiger partial charge >= 0.3 is 0 Å². The monoisotopic (exact) mass is 414 g/mol. The summed E-state index contributed by atoms with van der Waals surface area (Å²) in [6.45, 7) is 5.12. The molecule has 148 valence electrons. The highest BCUT2D eigenvalue weighted by Gasteiger charge is 2.25. The molecule has 9 nitrogen and oxygen atoms in total. The van der Waals surface area contributed by atoms with E-state index in [9.17, 15) is 13.2 Å². The SMILES string of the molecule is COc1ccc(OC)c([C@@H](C)NS(=O)(=O)c2nnc(NC(=O)C(C)C)s2)c1. The molecule has 0 radical (unpaired) electrons. The van der Waals surface area contributed by atoms with E-state index in [1.807, 2.05) is 0 Å². The van der Waals surface area contributed by atoms with Crippen molar-refractivity contribution in [1.82, 2.24) is 14.9 Å². The van der Waals surface area contributed by atoms with Crippen LogP contribution >= 0.6 is 11.3 Å². The maximum Gasteiger partial charge on any atom is 0.270 e. The molecule has 1 aromatic heterocycles. The van der Waals surface area contributed by atoms with E-state index < -0.39 is 16.1 Å². The van der Waals surface area contributed by atoms with Gasteiger partial charge in [-0.1, -0.05) is 25.2 Å². The van der Waals surface area contributed by atoms with E-state index in [-0.39, 0.29) is 21.3 Å². The van der Waals surface area contributed by atoms with Gasteiger partial charge in [-0.15, -0.1) is 10.2 Å². The second kappa shape index (κ2) is 8.63. The summed E-state index contributed by atoms with van der Waals surface area (Å²) in [5, 5.41) is 10.0. The van der Waals surface area contributed by atoms with Crippen LogP contribution in [0.4, 0.5) is 5.13 Å². The predicted octanol–water partition coefficient (Wildman–Crippen LogP) is 2.19. The van der Waals surface area contributed by atoms with Crippen molar-refractivity contribution >= 4 is 32.4 Å². The number of benzene rings is 1. The number of nitrogens with zero attached hydrogens (tertiary/aromatic N) is 2. The third-order valence-electron chi connectivity index (χ3n) is 3.63. The number of aromatic nitrogens is 2. The van der Waals surface area contributed by atoms with E-state index in [2.05, 4.69) is 20.2 Å². The van der Waals surface area contributed by atoms with Crippen LogP contribution in [0.25, 0.3) is 0 Å². The number of carbonyl (C=O) groups excluding carboxylic acids is 1. The molecule has 2 N–H and O–H groups in total. The highest BCUT2D eigenvalue weighted by molar-refractivity contribution is 7.91. The maximum absolute atomic E-state index is 12.6. The number of rotatable bonds is 8. The minimum Gasteiger partial charge on any atom is -0.497 e. The van der Waals surface area contributed by atoms with Gasteiger partial charge in [0.1, 0.15) is 11.5 Å². The Morgan fingerprint density at radius 1 is 1.15 bits per heavy atom. The molecule has 11 heteroatoms. The predicted molar refractivity (Wildman–Crippen MR) is 102 cm³/mol. The van der Waals surface area contributed by atoms with Gasteiger partial charge < -0.3 is 14.8 Å². The molecule has 1 amide bonds. The summed E-state index contributed by atoms with van der Waals surface area (Å²) in [4.78, 5) is 11.7. The van der Waals surface area contributed by atoms with Crippen molar-refractivity contribution in [2.24, 2.45) is 5.92 Å². The zero-order chi connectivity index (χ0) is 20.2. The lowest BCUT2D eigenvalue weighted by Crippen LogP contribution is -2.27. The van der Waals surface area contributed by atoms with Gasteiger partial charge in [-0.25, -0.2) is 13.1 Å². The van der Waals surface area contributed by atoms with Gasteiger partial charge in [0.2, 0.25) is 15.4 Å². The molecule has 0 aliphatic heterocycles. The zero-order valence-corrected chi connectivity index (χ0v) is 17.3. The van der Waals surface area contributed by atoms with Crippen molar-refractivity contribution in [3.8, 4) is 11.5 Å². The molecule has 0 aliphatic carbocycles. The number of nitrogens with one attached hydrogen (secondary N) is 2. The van der Waals surface area contributed by atoms with E-state index in [4.69, 9.17) is 9.47 Å². The Morgan fingerprint density at radius 2 is 1.85 bits per heavy atom. The number of hydrogen-bond acceptors (Lipinski definition) is 8. The second-order valence-corrected chi connectivity index (χ2v) is 8.83. The molecule has 0 bridgehead atoms. The Kier molecular flexibility index (Phi) is 6.73. The number of carbonyl (C=O) groups is 1. The van der Waals surface area contributed by atoms with E-state index in [0.29, 0.717) is 17.1 Å². The lowest BCUT2D eigenvalue weighted by Gasteiger charge is -2.17. The number of anilines is 1. The summed E-state index contributed by atoms with van der Waals surface area (Å²) in [6, 6.07) is 4.50. The molecule has 0 spiro atoms. The van der Waals surface area contributed by atoms with Crippen LogP contribution < -0.4 is 19.5 Å². The van der Waals surface area contributed by atoms with Gasteiger partial charge in [0.05, 0.1) is 14.2 Å². The number of amides is 1. The van der Waals surface area contributed by atoms with Gasteiger partial charge in [0.25, 0.3) is 10.0 Å². The summed E-state index contributed by atoms with van der Waals surface area (Å²) >= 11 is 0.780. The molecular weight excluding hydrogens is 392 g/mol. The first-order valence-corrected chi connectivity index (χ1v) is 10.4. The number of hydrogen-bond donors (Lipinski definition) is 2. The molecular formula is C16H22N4O5S2. The van der Waals surface area contributed by atoms with Crippen molar-refractivity contribution in [2.75, 3.05) is 19.5 Å². The fourth-order valence-electron chi connectivity index (χ4n) is 2.14. The fraction of sp³-hybridized carbons (Fsp3) is 0.438. The molecule has 1 atom stereocenters. The normalized spacial score (nSPS) is 12.7. The first kappa shape index (κ1) is 21.1. The minimum atomic E-state index is -3.94. The fourth-order valence-corrected chi connectivity index (χ4v) is 4.28. The largest absolute Gasteiger partial charge is 0.497 e. The zero-order valence-electron chi connectivity index (χ0n) is 15.6. The van der Waals surface area contributed by atoms with Gasteiger partial charge in [-0.2, -0.15) is 0 Å². The minimum absolute atomic E-state index is 0.126. The van der Waals surface area contributed by atoms with Crippen molar-refractivity contribution in [3.63, 3.8) is 0 Å². The number of ether oxygens (including phenoxy) is 2. The maximum atomic E-state index is 12.6. The Labute approximate surface area is 162 Å². The van der Waals surface area contributed by atoms with Crippen LogP contribution in [0.15, 0.2) is 22.5 Å². The number of methoxy groups -OCH3 is 2. The Bertz CT molecular complexity index is 911. The molecule has 2 rings (SSSR count). The molecule has 2 aromatic rings. The standard InChI is InChI=1S/C16H22N4O5S2/c1-9(2)14(21)17-15-18-19-16(26-15)27(22,23)20-10(3)12-8-11(24-4)6-7-13(12)25-5/h6-10,20H,1-5H3,(H,17,18,21)/t10-/m1/s1. The van der Waals surface area contributed by atoms with Crippen LogP contribution in [0.2, 0.25) is 0 Å². The highest BCUT2D eigenvalue weighted by atomic mass is 32.2. The van der Waals surface area contributed by atoms with Crippen LogP contribution in [-0.4, -0.2) is 38.7 Å². The molecule has 1 aromatic carbocycles. The van der Waals surface area contributed by atoms with Crippen LogP contribution in [0.3, 0.4) is 0 Å². The molecule has 0 fully saturated rings.